The van der Waals surface area contributed by atoms with E-state index in [0.717, 1.165) is 16.8 Å². The minimum Gasteiger partial charge on any atom is -0.495 e. The molecule has 0 unspecified atom stereocenters. The van der Waals surface area contributed by atoms with Gasteiger partial charge in [0.25, 0.3) is 0 Å². The maximum Gasteiger partial charge on any atom is 0.244 e. The number of halogens is 1. The Morgan fingerprint density at radius 3 is 2.52 bits per heavy atom. The first kappa shape index (κ1) is 18.8. The number of aryl methyl sites for hydroxylation is 1. The summed E-state index contributed by atoms with van der Waals surface area (Å²) in [6.45, 7) is 5.26. The third kappa shape index (κ3) is 4.51. The summed E-state index contributed by atoms with van der Waals surface area (Å²) in [5.41, 5.74) is 3.31. The van der Waals surface area contributed by atoms with Crippen LogP contribution in [0.3, 0.4) is 0 Å². The van der Waals surface area contributed by atoms with Gasteiger partial charge >= 0.3 is 0 Å². The fraction of sp³-hybridized carbons (Fsp3) is 0.263. The predicted octanol–water partition coefficient (Wildman–Crippen LogP) is 3.96. The summed E-state index contributed by atoms with van der Waals surface area (Å²) in [4.78, 5) is 25.9. The van der Waals surface area contributed by atoms with E-state index in [1.165, 1.54) is 18.9 Å². The van der Waals surface area contributed by atoms with Gasteiger partial charge in [0, 0.05) is 18.3 Å². The lowest BCUT2D eigenvalue weighted by atomic mass is 10.1. The highest BCUT2D eigenvalue weighted by Gasteiger charge is 2.18. The Balaban J connectivity index is 2.17. The molecule has 0 fully saturated rings. The lowest BCUT2D eigenvalue weighted by molar-refractivity contribution is -0.120. The van der Waals surface area contributed by atoms with E-state index in [4.69, 9.17) is 16.3 Å². The molecule has 0 heterocycles. The van der Waals surface area contributed by atoms with Crippen LogP contribution in [0.4, 0.5) is 11.4 Å². The molecule has 25 heavy (non-hydrogen) atoms. The van der Waals surface area contributed by atoms with Crippen LogP contribution in [-0.2, 0) is 9.59 Å². The van der Waals surface area contributed by atoms with E-state index >= 15 is 0 Å². The van der Waals surface area contributed by atoms with Gasteiger partial charge in [0.2, 0.25) is 11.8 Å². The zero-order chi connectivity index (χ0) is 18.6. The van der Waals surface area contributed by atoms with Gasteiger partial charge in [-0.05, 0) is 49.2 Å². The number of methoxy groups -OCH3 is 1. The van der Waals surface area contributed by atoms with E-state index in [9.17, 15) is 9.59 Å². The first-order valence-corrected chi connectivity index (χ1v) is 8.19. The number of nitrogens with one attached hydrogen (secondary N) is 1. The molecule has 0 radical (unpaired) electrons. The van der Waals surface area contributed by atoms with E-state index in [1.54, 1.807) is 18.2 Å². The minimum atomic E-state index is -0.308. The van der Waals surface area contributed by atoms with Gasteiger partial charge in [-0.1, -0.05) is 23.7 Å². The van der Waals surface area contributed by atoms with Crippen molar-refractivity contribution >= 4 is 34.8 Å². The van der Waals surface area contributed by atoms with Gasteiger partial charge in [-0.15, -0.1) is 0 Å². The first-order valence-electron chi connectivity index (χ1n) is 7.81. The summed E-state index contributed by atoms with van der Waals surface area (Å²) in [7, 11) is 1.52. The predicted molar refractivity (Wildman–Crippen MR) is 101 cm³/mol. The Labute approximate surface area is 152 Å². The normalized spacial score (nSPS) is 10.3. The Bertz CT molecular complexity index is 805. The smallest absolute Gasteiger partial charge is 0.244 e. The van der Waals surface area contributed by atoms with Gasteiger partial charge in [-0.2, -0.15) is 0 Å². The van der Waals surface area contributed by atoms with Crippen LogP contribution in [0.1, 0.15) is 18.1 Å². The largest absolute Gasteiger partial charge is 0.495 e. The number of rotatable bonds is 5. The number of amides is 2. The molecule has 2 amide bonds. The summed E-state index contributed by atoms with van der Waals surface area (Å²) >= 11 is 6.06. The van der Waals surface area contributed by atoms with Crippen LogP contribution in [0.2, 0.25) is 5.02 Å². The number of nitrogens with zero attached hydrogens (tertiary/aromatic N) is 1. The second-order valence-corrected chi connectivity index (χ2v) is 6.13. The molecule has 0 aliphatic heterocycles. The van der Waals surface area contributed by atoms with Crippen LogP contribution in [0.25, 0.3) is 0 Å². The standard InChI is InChI=1S/C19H21ClN2O3/c1-12-6-5-7-17(13(12)2)22(14(3)23)11-19(24)21-15-8-9-18(25-4)16(20)10-15/h5-10H,11H2,1-4H3,(H,21,24). The molecular weight excluding hydrogens is 340 g/mol. The van der Waals surface area contributed by atoms with Crippen LogP contribution >= 0.6 is 11.6 Å². The summed E-state index contributed by atoms with van der Waals surface area (Å²) in [5, 5.41) is 3.15. The molecule has 0 aromatic heterocycles. The molecule has 5 nitrogen and oxygen atoms in total. The summed E-state index contributed by atoms with van der Waals surface area (Å²) in [6.07, 6.45) is 0. The summed E-state index contributed by atoms with van der Waals surface area (Å²) < 4.78 is 5.09. The van der Waals surface area contributed by atoms with Crippen LogP contribution in [0, 0.1) is 13.8 Å². The van der Waals surface area contributed by atoms with Crippen molar-refractivity contribution in [3.63, 3.8) is 0 Å². The Morgan fingerprint density at radius 2 is 1.92 bits per heavy atom. The number of carbonyl (C=O) groups excluding carboxylic acids is 2. The molecule has 0 spiro atoms. The van der Waals surface area contributed by atoms with Crippen molar-refractivity contribution in [2.24, 2.45) is 0 Å². The zero-order valence-electron chi connectivity index (χ0n) is 14.7. The molecule has 0 bridgehead atoms. The fourth-order valence-electron chi connectivity index (χ4n) is 2.48. The highest BCUT2D eigenvalue weighted by Crippen LogP contribution is 2.27. The monoisotopic (exact) mass is 360 g/mol. The molecular formula is C19H21ClN2O3. The maximum atomic E-state index is 12.4. The second kappa shape index (κ2) is 8.03. The van der Waals surface area contributed by atoms with Crippen molar-refractivity contribution in [2.75, 3.05) is 23.9 Å². The maximum absolute atomic E-state index is 12.4. The van der Waals surface area contributed by atoms with E-state index in [0.29, 0.717) is 16.5 Å². The number of benzene rings is 2. The Kier molecular flexibility index (Phi) is 6.04. The van der Waals surface area contributed by atoms with Gasteiger partial charge in [0.1, 0.15) is 12.3 Å². The molecule has 2 rings (SSSR count). The van der Waals surface area contributed by atoms with Crippen molar-refractivity contribution < 1.29 is 14.3 Å². The quantitative estimate of drug-likeness (QED) is 0.878. The number of anilines is 2. The average molecular weight is 361 g/mol. The fourth-order valence-corrected chi connectivity index (χ4v) is 2.74. The molecule has 1 N–H and O–H groups in total. The van der Waals surface area contributed by atoms with Crippen molar-refractivity contribution in [3.05, 3.63) is 52.5 Å². The second-order valence-electron chi connectivity index (χ2n) is 5.72. The number of hydrogen-bond acceptors (Lipinski definition) is 3. The zero-order valence-corrected chi connectivity index (χ0v) is 15.5. The molecule has 0 aliphatic carbocycles. The van der Waals surface area contributed by atoms with Crippen LogP contribution in [-0.4, -0.2) is 25.5 Å². The molecule has 0 saturated carbocycles. The van der Waals surface area contributed by atoms with E-state index in [1.807, 2.05) is 32.0 Å². The molecule has 6 heteroatoms. The van der Waals surface area contributed by atoms with E-state index in [2.05, 4.69) is 5.32 Å². The van der Waals surface area contributed by atoms with Gasteiger partial charge in [-0.25, -0.2) is 0 Å². The molecule has 0 atom stereocenters. The van der Waals surface area contributed by atoms with Crippen molar-refractivity contribution in [1.82, 2.24) is 0 Å². The van der Waals surface area contributed by atoms with Crippen molar-refractivity contribution in [2.45, 2.75) is 20.8 Å². The number of ether oxygens (including phenoxy) is 1. The van der Waals surface area contributed by atoms with Gasteiger partial charge in [-0.3, -0.25) is 9.59 Å². The highest BCUT2D eigenvalue weighted by atomic mass is 35.5. The molecule has 2 aromatic carbocycles. The molecule has 132 valence electrons. The van der Waals surface area contributed by atoms with E-state index < -0.39 is 0 Å². The topological polar surface area (TPSA) is 58.6 Å². The Hall–Kier alpha value is -2.53. The Morgan fingerprint density at radius 1 is 1.20 bits per heavy atom. The third-order valence-corrected chi connectivity index (χ3v) is 4.28. The number of hydrogen-bond donors (Lipinski definition) is 1. The van der Waals surface area contributed by atoms with Crippen molar-refractivity contribution in [3.8, 4) is 5.75 Å². The van der Waals surface area contributed by atoms with Gasteiger partial charge in [0.15, 0.2) is 0 Å². The van der Waals surface area contributed by atoms with Crippen LogP contribution in [0.5, 0.6) is 5.75 Å². The SMILES string of the molecule is COc1ccc(NC(=O)CN(C(C)=O)c2cccc(C)c2C)cc1Cl. The third-order valence-electron chi connectivity index (χ3n) is 3.98. The molecule has 0 saturated heterocycles. The van der Waals surface area contributed by atoms with Crippen LogP contribution in [0.15, 0.2) is 36.4 Å². The average Bonchev–Trinajstić information content (AvgIpc) is 2.55. The summed E-state index contributed by atoms with van der Waals surface area (Å²) in [6, 6.07) is 10.6. The molecule has 2 aromatic rings. The van der Waals surface area contributed by atoms with Crippen LogP contribution < -0.4 is 15.0 Å². The molecule has 0 aliphatic rings. The lowest BCUT2D eigenvalue weighted by Gasteiger charge is -2.23. The van der Waals surface area contributed by atoms with Crippen molar-refractivity contribution in [1.29, 1.82) is 0 Å². The first-order chi connectivity index (χ1) is 11.8. The lowest BCUT2D eigenvalue weighted by Crippen LogP contribution is -2.37. The summed E-state index contributed by atoms with van der Waals surface area (Å²) in [5.74, 6) is 0.0226. The minimum absolute atomic E-state index is 0.0801. The number of carbonyl (C=O) groups is 2. The highest BCUT2D eigenvalue weighted by molar-refractivity contribution is 6.32. The van der Waals surface area contributed by atoms with Gasteiger partial charge < -0.3 is 15.0 Å². The van der Waals surface area contributed by atoms with Gasteiger partial charge in [0.05, 0.1) is 12.1 Å². The van der Waals surface area contributed by atoms with E-state index in [-0.39, 0.29) is 18.4 Å².